The monoisotopic (exact) mass is 288 g/mol. The Morgan fingerprint density at radius 3 is 2.48 bits per heavy atom. The molecule has 0 amide bonds. The van der Waals surface area contributed by atoms with Gasteiger partial charge in [0.2, 0.25) is 5.88 Å². The lowest BCUT2D eigenvalue weighted by atomic mass is 10.1. The molecule has 21 heavy (non-hydrogen) atoms. The van der Waals surface area contributed by atoms with E-state index in [2.05, 4.69) is 15.4 Å². The predicted molar refractivity (Wildman–Crippen MR) is 81.4 cm³/mol. The van der Waals surface area contributed by atoms with Crippen molar-refractivity contribution in [1.29, 1.82) is 0 Å². The molecule has 0 saturated carbocycles. The SMILES string of the molecule is COCCc1ccc(Oc2nc(C)nc(NN)c2C)cc1. The summed E-state index contributed by atoms with van der Waals surface area (Å²) in [7, 11) is 1.70. The van der Waals surface area contributed by atoms with Crippen molar-refractivity contribution in [2.75, 3.05) is 19.1 Å². The minimum absolute atomic E-state index is 0.500. The maximum absolute atomic E-state index is 5.81. The van der Waals surface area contributed by atoms with E-state index >= 15 is 0 Å². The third-order valence-electron chi connectivity index (χ3n) is 3.08. The van der Waals surface area contributed by atoms with Crippen LogP contribution in [0.15, 0.2) is 24.3 Å². The van der Waals surface area contributed by atoms with E-state index in [1.807, 2.05) is 31.2 Å². The summed E-state index contributed by atoms with van der Waals surface area (Å²) < 4.78 is 10.9. The van der Waals surface area contributed by atoms with E-state index in [-0.39, 0.29) is 0 Å². The molecule has 0 aliphatic rings. The summed E-state index contributed by atoms with van der Waals surface area (Å²) in [6.45, 7) is 4.36. The number of nitrogen functional groups attached to an aromatic ring is 1. The van der Waals surface area contributed by atoms with Gasteiger partial charge in [0.1, 0.15) is 17.4 Å². The lowest BCUT2D eigenvalue weighted by Crippen LogP contribution is -2.12. The summed E-state index contributed by atoms with van der Waals surface area (Å²) in [6, 6.07) is 7.86. The van der Waals surface area contributed by atoms with E-state index in [9.17, 15) is 0 Å². The number of methoxy groups -OCH3 is 1. The molecule has 6 nitrogen and oxygen atoms in total. The standard InChI is InChI=1S/C15H20N4O2/c1-10-14(19-16)17-11(2)18-15(10)21-13-6-4-12(5-7-13)8-9-20-3/h4-7H,8-9,16H2,1-3H3,(H,17,18,19). The number of nitrogens with one attached hydrogen (secondary N) is 1. The second-order valence-corrected chi connectivity index (χ2v) is 4.68. The average Bonchev–Trinajstić information content (AvgIpc) is 2.49. The Hall–Kier alpha value is -2.18. The number of rotatable bonds is 6. The minimum atomic E-state index is 0.500. The minimum Gasteiger partial charge on any atom is -0.439 e. The van der Waals surface area contributed by atoms with Gasteiger partial charge in [-0.05, 0) is 38.0 Å². The van der Waals surface area contributed by atoms with Gasteiger partial charge in [0.15, 0.2) is 0 Å². The molecule has 1 aromatic carbocycles. The molecule has 0 atom stereocenters. The number of nitrogens with zero attached hydrogens (tertiary/aromatic N) is 2. The van der Waals surface area contributed by atoms with Gasteiger partial charge in [-0.2, -0.15) is 4.98 Å². The van der Waals surface area contributed by atoms with Gasteiger partial charge in [0, 0.05) is 7.11 Å². The zero-order chi connectivity index (χ0) is 15.2. The maximum Gasteiger partial charge on any atom is 0.227 e. The molecule has 0 aliphatic carbocycles. The molecule has 0 saturated heterocycles. The Balaban J connectivity index is 2.16. The van der Waals surface area contributed by atoms with Crippen LogP contribution in [0.3, 0.4) is 0 Å². The van der Waals surface area contributed by atoms with Crippen LogP contribution in [-0.4, -0.2) is 23.7 Å². The largest absolute Gasteiger partial charge is 0.439 e. The van der Waals surface area contributed by atoms with Crippen molar-refractivity contribution in [2.45, 2.75) is 20.3 Å². The highest BCUT2D eigenvalue weighted by Crippen LogP contribution is 2.26. The quantitative estimate of drug-likeness (QED) is 0.627. The Labute approximate surface area is 124 Å². The van der Waals surface area contributed by atoms with E-state index in [4.69, 9.17) is 15.3 Å². The summed E-state index contributed by atoms with van der Waals surface area (Å²) in [5.41, 5.74) is 4.52. The summed E-state index contributed by atoms with van der Waals surface area (Å²) in [5.74, 6) is 7.82. The van der Waals surface area contributed by atoms with Crippen LogP contribution in [0.25, 0.3) is 0 Å². The highest BCUT2D eigenvalue weighted by molar-refractivity contribution is 5.48. The zero-order valence-electron chi connectivity index (χ0n) is 12.5. The van der Waals surface area contributed by atoms with Crippen LogP contribution >= 0.6 is 0 Å². The van der Waals surface area contributed by atoms with Crippen LogP contribution in [-0.2, 0) is 11.2 Å². The lowest BCUT2D eigenvalue weighted by Gasteiger charge is -2.11. The molecule has 0 aliphatic heterocycles. The number of aryl methyl sites for hydroxylation is 1. The molecule has 112 valence electrons. The van der Waals surface area contributed by atoms with Crippen molar-refractivity contribution in [3.8, 4) is 11.6 Å². The fourth-order valence-electron chi connectivity index (χ4n) is 1.90. The lowest BCUT2D eigenvalue weighted by molar-refractivity contribution is 0.202. The summed E-state index contributed by atoms with van der Waals surface area (Å²) in [6.07, 6.45) is 0.879. The summed E-state index contributed by atoms with van der Waals surface area (Å²) in [4.78, 5) is 8.50. The van der Waals surface area contributed by atoms with Crippen molar-refractivity contribution in [3.05, 3.63) is 41.2 Å². The Morgan fingerprint density at radius 2 is 1.86 bits per heavy atom. The molecule has 0 unspecified atom stereocenters. The highest BCUT2D eigenvalue weighted by atomic mass is 16.5. The third-order valence-corrected chi connectivity index (χ3v) is 3.08. The van der Waals surface area contributed by atoms with Gasteiger partial charge in [0.25, 0.3) is 0 Å². The number of ether oxygens (including phenoxy) is 2. The van der Waals surface area contributed by atoms with Gasteiger partial charge in [-0.25, -0.2) is 10.8 Å². The van der Waals surface area contributed by atoms with Crippen LogP contribution in [0.1, 0.15) is 17.0 Å². The zero-order valence-corrected chi connectivity index (χ0v) is 12.5. The van der Waals surface area contributed by atoms with Crippen LogP contribution in [0.2, 0.25) is 0 Å². The van der Waals surface area contributed by atoms with E-state index in [0.717, 1.165) is 17.7 Å². The fraction of sp³-hybridized carbons (Fsp3) is 0.333. The molecular formula is C15H20N4O2. The first-order valence-corrected chi connectivity index (χ1v) is 6.71. The predicted octanol–water partition coefficient (Wildman–Crippen LogP) is 2.36. The van der Waals surface area contributed by atoms with Gasteiger partial charge in [-0.3, -0.25) is 0 Å². The molecule has 1 heterocycles. The smallest absolute Gasteiger partial charge is 0.227 e. The molecule has 0 radical (unpaired) electrons. The molecule has 0 bridgehead atoms. The van der Waals surface area contributed by atoms with Crippen LogP contribution < -0.4 is 16.0 Å². The van der Waals surface area contributed by atoms with Gasteiger partial charge in [-0.1, -0.05) is 12.1 Å². The topological polar surface area (TPSA) is 82.3 Å². The molecule has 6 heteroatoms. The first-order chi connectivity index (χ1) is 10.1. The van der Waals surface area contributed by atoms with Gasteiger partial charge < -0.3 is 14.9 Å². The maximum atomic E-state index is 5.81. The normalized spacial score (nSPS) is 10.5. The first-order valence-electron chi connectivity index (χ1n) is 6.71. The van der Waals surface area contributed by atoms with Crippen LogP contribution in [0.5, 0.6) is 11.6 Å². The fourth-order valence-corrected chi connectivity index (χ4v) is 1.90. The van der Waals surface area contributed by atoms with E-state index in [1.165, 1.54) is 5.56 Å². The Morgan fingerprint density at radius 1 is 1.14 bits per heavy atom. The van der Waals surface area contributed by atoms with Crippen LogP contribution in [0.4, 0.5) is 5.82 Å². The van der Waals surface area contributed by atoms with Crippen molar-refractivity contribution in [3.63, 3.8) is 0 Å². The van der Waals surface area contributed by atoms with Crippen molar-refractivity contribution in [2.24, 2.45) is 5.84 Å². The average molecular weight is 288 g/mol. The number of hydrogen-bond acceptors (Lipinski definition) is 6. The van der Waals surface area contributed by atoms with Crippen molar-refractivity contribution < 1.29 is 9.47 Å². The number of anilines is 1. The van der Waals surface area contributed by atoms with Gasteiger partial charge >= 0.3 is 0 Å². The number of hydrogen-bond donors (Lipinski definition) is 2. The first kappa shape index (κ1) is 15.2. The number of nitrogens with two attached hydrogens (primary N) is 1. The molecule has 0 fully saturated rings. The third kappa shape index (κ3) is 3.90. The molecule has 2 aromatic rings. The van der Waals surface area contributed by atoms with Crippen molar-refractivity contribution >= 4 is 5.82 Å². The molecule has 0 spiro atoms. The number of benzene rings is 1. The van der Waals surface area contributed by atoms with E-state index in [1.54, 1.807) is 14.0 Å². The van der Waals surface area contributed by atoms with Gasteiger partial charge in [0.05, 0.1) is 12.2 Å². The van der Waals surface area contributed by atoms with E-state index < -0.39 is 0 Å². The highest BCUT2D eigenvalue weighted by Gasteiger charge is 2.10. The molecule has 1 aromatic heterocycles. The Bertz CT molecular complexity index is 599. The molecule has 3 N–H and O–H groups in total. The molecular weight excluding hydrogens is 268 g/mol. The Kier molecular flexibility index (Phi) is 5.08. The number of hydrazine groups is 1. The van der Waals surface area contributed by atoms with Crippen LogP contribution in [0, 0.1) is 13.8 Å². The summed E-state index contributed by atoms with van der Waals surface area (Å²) in [5, 5.41) is 0. The second kappa shape index (κ2) is 7.01. The van der Waals surface area contributed by atoms with Crippen molar-refractivity contribution in [1.82, 2.24) is 9.97 Å². The number of aromatic nitrogens is 2. The van der Waals surface area contributed by atoms with E-state index in [0.29, 0.717) is 24.1 Å². The van der Waals surface area contributed by atoms with Gasteiger partial charge in [-0.15, -0.1) is 0 Å². The summed E-state index contributed by atoms with van der Waals surface area (Å²) >= 11 is 0. The second-order valence-electron chi connectivity index (χ2n) is 4.68. The molecule has 2 rings (SSSR count).